The van der Waals surface area contributed by atoms with Gasteiger partial charge in [0.15, 0.2) is 0 Å². The van der Waals surface area contributed by atoms with E-state index in [1.165, 1.54) is 0 Å². The van der Waals surface area contributed by atoms with Gasteiger partial charge in [0.2, 0.25) is 0 Å². The van der Waals surface area contributed by atoms with Crippen molar-refractivity contribution in [1.29, 1.82) is 0 Å². The summed E-state index contributed by atoms with van der Waals surface area (Å²) in [6.07, 6.45) is 0. The SMILES string of the molecule is O=S(O)OO.[H-].[Na+]. The Morgan fingerprint density at radius 2 is 2.00 bits per heavy atom. The molecule has 0 heterocycles. The van der Waals surface area contributed by atoms with Crippen LogP contribution in [0, 0.1) is 0 Å². The predicted molar refractivity (Wildman–Crippen MR) is 15.6 cm³/mol. The second-order valence-electron chi connectivity index (χ2n) is 0.292. The van der Waals surface area contributed by atoms with Crippen molar-refractivity contribution in [2.75, 3.05) is 0 Å². The van der Waals surface area contributed by atoms with E-state index in [1.54, 1.807) is 0 Å². The minimum atomic E-state index is -2.52. The predicted octanol–water partition coefficient (Wildman–Crippen LogP) is -3.27. The van der Waals surface area contributed by atoms with E-state index in [9.17, 15) is 0 Å². The fourth-order valence-corrected chi connectivity index (χ4v) is 0. The van der Waals surface area contributed by atoms with Gasteiger partial charge in [-0.15, -0.1) is 4.33 Å². The Labute approximate surface area is 60.7 Å². The van der Waals surface area contributed by atoms with Gasteiger partial charge in [0, 0.05) is 0 Å². The Kier molecular flexibility index (Phi) is 10.2. The van der Waals surface area contributed by atoms with E-state index in [0.717, 1.165) is 0 Å². The third-order valence-corrected chi connectivity index (χ3v) is 0.191. The molecule has 0 rings (SSSR count). The molecule has 0 aliphatic heterocycles. The molecule has 0 bridgehead atoms. The van der Waals surface area contributed by atoms with Crippen molar-refractivity contribution >= 4 is 11.4 Å². The summed E-state index contributed by atoms with van der Waals surface area (Å²) in [6.45, 7) is 0. The quantitative estimate of drug-likeness (QED) is 0.166. The molecule has 4 nitrogen and oxygen atoms in total. The van der Waals surface area contributed by atoms with E-state index < -0.39 is 11.4 Å². The van der Waals surface area contributed by atoms with Crippen LogP contribution in [0.15, 0.2) is 0 Å². The average Bonchev–Trinajstić information content (AvgIpc) is 1.38. The first-order valence-corrected chi connectivity index (χ1v) is 1.73. The summed E-state index contributed by atoms with van der Waals surface area (Å²) < 4.78 is 19.1. The summed E-state index contributed by atoms with van der Waals surface area (Å²) in [5.74, 6) is 0. The van der Waals surface area contributed by atoms with Gasteiger partial charge in [-0.1, -0.05) is 0 Å². The van der Waals surface area contributed by atoms with Gasteiger partial charge in [-0.2, -0.15) is 4.21 Å². The summed E-state index contributed by atoms with van der Waals surface area (Å²) in [5, 5.41) is 7.09. The maximum atomic E-state index is 9.01. The van der Waals surface area contributed by atoms with Gasteiger partial charge in [-0.3, -0.25) is 4.55 Å². The van der Waals surface area contributed by atoms with Gasteiger partial charge in [-0.25, -0.2) is 5.26 Å². The molecule has 6 heavy (non-hydrogen) atoms. The standard InChI is InChI=1S/Na.H2O4S.H/c;1-4-5(2)3;/h;1H,(H,2,3);/q+1;;-1. The Morgan fingerprint density at radius 1 is 1.83 bits per heavy atom. The van der Waals surface area contributed by atoms with Gasteiger partial charge < -0.3 is 1.43 Å². The van der Waals surface area contributed by atoms with Crippen LogP contribution in [0.5, 0.6) is 0 Å². The fraction of sp³-hybridized carbons (Fsp3) is 0. The number of hydrogen-bond donors (Lipinski definition) is 2. The van der Waals surface area contributed by atoms with Crippen LogP contribution in [0.3, 0.4) is 0 Å². The van der Waals surface area contributed by atoms with Crippen molar-refractivity contribution in [3.05, 3.63) is 0 Å². The van der Waals surface area contributed by atoms with Crippen LogP contribution in [0.1, 0.15) is 1.43 Å². The summed E-state index contributed by atoms with van der Waals surface area (Å²) in [5.41, 5.74) is 0. The molecule has 0 aromatic rings. The van der Waals surface area contributed by atoms with Crippen LogP contribution >= 0.6 is 0 Å². The van der Waals surface area contributed by atoms with E-state index in [0.29, 0.717) is 0 Å². The van der Waals surface area contributed by atoms with Crippen molar-refractivity contribution in [3.8, 4) is 0 Å². The smallest absolute Gasteiger partial charge is 1.00 e. The minimum Gasteiger partial charge on any atom is -1.00 e. The van der Waals surface area contributed by atoms with E-state index in [2.05, 4.69) is 4.33 Å². The average molecular weight is 122 g/mol. The molecule has 0 aliphatic rings. The van der Waals surface area contributed by atoms with Crippen molar-refractivity contribution < 1.29 is 49.3 Å². The van der Waals surface area contributed by atoms with Crippen molar-refractivity contribution in [1.82, 2.24) is 0 Å². The molecule has 0 aromatic carbocycles. The third-order valence-electron chi connectivity index (χ3n) is 0.0638. The molecule has 0 spiro atoms. The summed E-state index contributed by atoms with van der Waals surface area (Å²) in [6, 6.07) is 0. The Balaban J connectivity index is -0.0000000800. The second kappa shape index (κ2) is 6.03. The Bertz CT molecular complexity index is 47.0. The molecule has 2 N–H and O–H groups in total. The molecule has 1 atom stereocenters. The molecular weight excluding hydrogens is 119 g/mol. The van der Waals surface area contributed by atoms with Crippen molar-refractivity contribution in [3.63, 3.8) is 0 Å². The molecule has 0 saturated carbocycles. The molecule has 0 fully saturated rings. The first kappa shape index (κ1) is 10.1. The van der Waals surface area contributed by atoms with E-state index in [4.69, 9.17) is 14.0 Å². The van der Waals surface area contributed by atoms with Gasteiger partial charge >= 0.3 is 40.9 Å². The number of rotatable bonds is 1. The first-order valence-electron chi connectivity index (χ1n) is 0.698. The normalized spacial score (nSPS) is 12.3. The van der Waals surface area contributed by atoms with Crippen molar-refractivity contribution in [2.45, 2.75) is 0 Å². The zero-order chi connectivity index (χ0) is 4.28. The maximum absolute atomic E-state index is 9.01. The van der Waals surface area contributed by atoms with Gasteiger partial charge in [0.1, 0.15) is 0 Å². The molecule has 0 saturated heterocycles. The van der Waals surface area contributed by atoms with Crippen LogP contribution in [0.25, 0.3) is 0 Å². The summed E-state index contributed by atoms with van der Waals surface area (Å²) in [4.78, 5) is 0. The van der Waals surface area contributed by atoms with E-state index >= 15 is 0 Å². The molecule has 0 aliphatic carbocycles. The zero-order valence-corrected chi connectivity index (χ0v) is 5.94. The molecule has 0 amide bonds. The molecule has 34 valence electrons. The summed E-state index contributed by atoms with van der Waals surface area (Å²) in [7, 11) is 0. The molecule has 0 aromatic heterocycles. The van der Waals surface area contributed by atoms with Crippen LogP contribution in [0.2, 0.25) is 0 Å². The Hall–Kier alpha value is 1.03. The van der Waals surface area contributed by atoms with Crippen LogP contribution < -0.4 is 29.6 Å². The molecule has 0 radical (unpaired) electrons. The van der Waals surface area contributed by atoms with Gasteiger partial charge in [0.05, 0.1) is 0 Å². The van der Waals surface area contributed by atoms with Crippen molar-refractivity contribution in [2.24, 2.45) is 0 Å². The minimum absolute atomic E-state index is 0. The molecule has 1 unspecified atom stereocenters. The van der Waals surface area contributed by atoms with Gasteiger partial charge in [-0.05, 0) is 0 Å². The largest absolute Gasteiger partial charge is 1.00 e. The fourth-order valence-electron chi connectivity index (χ4n) is 0. The van der Waals surface area contributed by atoms with Crippen LogP contribution in [0.4, 0.5) is 0 Å². The second-order valence-corrected chi connectivity index (χ2v) is 0.875. The topological polar surface area (TPSA) is 66.8 Å². The van der Waals surface area contributed by atoms with E-state index in [-0.39, 0.29) is 31.0 Å². The van der Waals surface area contributed by atoms with E-state index in [1.807, 2.05) is 0 Å². The Morgan fingerprint density at radius 3 is 2.00 bits per heavy atom. The molecular formula is H3NaO4S. The maximum Gasteiger partial charge on any atom is 1.00 e. The first-order chi connectivity index (χ1) is 2.27. The van der Waals surface area contributed by atoms with Crippen LogP contribution in [-0.4, -0.2) is 14.0 Å². The third kappa shape index (κ3) is 8.90. The van der Waals surface area contributed by atoms with Gasteiger partial charge in [0.25, 0.3) is 0 Å². The summed E-state index contributed by atoms with van der Waals surface area (Å²) >= 11 is -2.52. The zero-order valence-electron chi connectivity index (χ0n) is 4.12. The monoisotopic (exact) mass is 122 g/mol. The molecule has 6 heteroatoms. The number of hydrogen-bond acceptors (Lipinski definition) is 3. The van der Waals surface area contributed by atoms with Crippen LogP contribution in [-0.2, 0) is 15.7 Å².